The van der Waals surface area contributed by atoms with Crippen LogP contribution in [0.25, 0.3) is 0 Å². The van der Waals surface area contributed by atoms with Crippen LogP contribution in [0.3, 0.4) is 0 Å². The summed E-state index contributed by atoms with van der Waals surface area (Å²) in [5.74, 6) is 0.593. The maximum absolute atomic E-state index is 9.82. The molecular formula is C17H30N4. The minimum absolute atomic E-state index is 0.264. The van der Waals surface area contributed by atoms with Gasteiger partial charge in [0.15, 0.2) is 0 Å². The van der Waals surface area contributed by atoms with Crippen LogP contribution in [0.2, 0.25) is 0 Å². The Labute approximate surface area is 129 Å². The molecule has 0 spiro atoms. The quantitative estimate of drug-likeness (QED) is 0.777. The highest BCUT2D eigenvalue weighted by Crippen LogP contribution is 2.41. The molecule has 0 aromatic rings. The normalized spacial score (nSPS) is 28.8. The molecule has 2 aliphatic carbocycles. The lowest BCUT2D eigenvalue weighted by Crippen LogP contribution is -2.59. The fourth-order valence-corrected chi connectivity index (χ4v) is 3.59. The van der Waals surface area contributed by atoms with Crippen molar-refractivity contribution in [2.24, 2.45) is 5.92 Å². The lowest BCUT2D eigenvalue weighted by Gasteiger charge is -2.41. The Balaban J connectivity index is 1.56. The number of hydrogen-bond donors (Lipinski definition) is 1. The Bertz CT molecular complexity index is 388. The lowest BCUT2D eigenvalue weighted by molar-refractivity contribution is 0.0825. The Hall–Kier alpha value is -0.630. The molecule has 118 valence electrons. The molecule has 3 aliphatic rings. The molecule has 0 amide bonds. The molecule has 0 radical (unpaired) electrons. The average Bonchev–Trinajstić information content (AvgIpc) is 3.39. The maximum atomic E-state index is 9.82. The molecule has 1 saturated heterocycles. The summed E-state index contributed by atoms with van der Waals surface area (Å²) in [5.41, 5.74) is -0.264. The van der Waals surface area contributed by atoms with Gasteiger partial charge in [0.1, 0.15) is 5.54 Å². The number of nitrogens with one attached hydrogen (secondary N) is 1. The van der Waals surface area contributed by atoms with E-state index in [0.29, 0.717) is 18.0 Å². The van der Waals surface area contributed by atoms with Crippen molar-refractivity contribution in [3.63, 3.8) is 0 Å². The zero-order valence-corrected chi connectivity index (χ0v) is 13.6. The van der Waals surface area contributed by atoms with Crippen LogP contribution in [0.5, 0.6) is 0 Å². The Morgan fingerprint density at radius 2 is 1.86 bits per heavy atom. The fraction of sp³-hybridized carbons (Fsp3) is 0.941. The minimum atomic E-state index is -0.264. The molecule has 0 aromatic carbocycles. The van der Waals surface area contributed by atoms with E-state index in [0.717, 1.165) is 32.7 Å². The van der Waals surface area contributed by atoms with Crippen molar-refractivity contribution in [1.29, 1.82) is 5.26 Å². The van der Waals surface area contributed by atoms with Gasteiger partial charge in [-0.1, -0.05) is 6.92 Å². The van der Waals surface area contributed by atoms with Crippen LogP contribution in [0, 0.1) is 17.2 Å². The summed E-state index contributed by atoms with van der Waals surface area (Å²) in [6.45, 7) is 10.1. The van der Waals surface area contributed by atoms with Crippen molar-refractivity contribution in [2.45, 2.75) is 63.6 Å². The van der Waals surface area contributed by atoms with Crippen molar-refractivity contribution >= 4 is 0 Å². The van der Waals surface area contributed by atoms with Crippen LogP contribution >= 0.6 is 0 Å². The monoisotopic (exact) mass is 290 g/mol. The summed E-state index contributed by atoms with van der Waals surface area (Å²) < 4.78 is 0. The number of nitriles is 1. The third-order valence-corrected chi connectivity index (χ3v) is 5.61. The number of piperazine rings is 1. The average molecular weight is 290 g/mol. The molecule has 3 fully saturated rings. The highest BCUT2D eigenvalue weighted by Gasteiger charge is 2.49. The van der Waals surface area contributed by atoms with E-state index in [4.69, 9.17) is 0 Å². The van der Waals surface area contributed by atoms with Gasteiger partial charge >= 0.3 is 0 Å². The van der Waals surface area contributed by atoms with E-state index in [1.807, 2.05) is 0 Å². The third-order valence-electron chi connectivity index (χ3n) is 5.61. The van der Waals surface area contributed by atoms with E-state index < -0.39 is 0 Å². The summed E-state index contributed by atoms with van der Waals surface area (Å²) in [5, 5.41) is 13.5. The predicted molar refractivity (Wildman–Crippen MR) is 85.0 cm³/mol. The number of nitrogens with zero attached hydrogens (tertiary/aromatic N) is 3. The molecular weight excluding hydrogens is 260 g/mol. The number of rotatable bonds is 7. The standard InChI is InChI=1S/C17H30N4/c1-3-14(2)21-10-8-20(9-11-21)13-17(12-18,15-4-5-15)19-16-6-7-16/h14-16,19H,3-11,13H2,1-2H3. The highest BCUT2D eigenvalue weighted by molar-refractivity contribution is 5.18. The van der Waals surface area contributed by atoms with E-state index in [1.54, 1.807) is 0 Å². The van der Waals surface area contributed by atoms with Crippen LogP contribution in [0.1, 0.15) is 46.0 Å². The van der Waals surface area contributed by atoms with Gasteiger partial charge < -0.3 is 0 Å². The molecule has 0 aromatic heterocycles. The lowest BCUT2D eigenvalue weighted by atomic mass is 9.93. The molecule has 2 saturated carbocycles. The largest absolute Gasteiger partial charge is 0.298 e. The van der Waals surface area contributed by atoms with Gasteiger partial charge in [-0.2, -0.15) is 5.26 Å². The van der Waals surface area contributed by atoms with Gasteiger partial charge in [0, 0.05) is 44.8 Å². The van der Waals surface area contributed by atoms with Gasteiger partial charge in [0.25, 0.3) is 0 Å². The Morgan fingerprint density at radius 1 is 1.19 bits per heavy atom. The second-order valence-electron chi connectivity index (χ2n) is 7.35. The van der Waals surface area contributed by atoms with Crippen molar-refractivity contribution < 1.29 is 0 Å². The second kappa shape index (κ2) is 6.24. The van der Waals surface area contributed by atoms with Crippen LogP contribution < -0.4 is 5.32 Å². The smallest absolute Gasteiger partial charge is 0.122 e. The zero-order valence-electron chi connectivity index (χ0n) is 13.6. The number of hydrogen-bond acceptors (Lipinski definition) is 4. The molecule has 1 heterocycles. The molecule has 4 nitrogen and oxygen atoms in total. The van der Waals surface area contributed by atoms with Gasteiger partial charge in [-0.3, -0.25) is 15.1 Å². The summed E-state index contributed by atoms with van der Waals surface area (Å²) in [6, 6.07) is 3.99. The summed E-state index contributed by atoms with van der Waals surface area (Å²) in [7, 11) is 0. The van der Waals surface area contributed by atoms with E-state index in [-0.39, 0.29) is 5.54 Å². The molecule has 3 rings (SSSR count). The summed E-state index contributed by atoms with van der Waals surface area (Å²) >= 11 is 0. The first-order chi connectivity index (χ1) is 10.2. The Kier molecular flexibility index (Phi) is 4.54. The van der Waals surface area contributed by atoms with E-state index in [2.05, 4.69) is 35.0 Å². The van der Waals surface area contributed by atoms with Crippen LogP contribution in [-0.2, 0) is 0 Å². The molecule has 2 unspecified atom stereocenters. The summed E-state index contributed by atoms with van der Waals surface area (Å²) in [6.07, 6.45) is 6.23. The zero-order chi connectivity index (χ0) is 14.9. The topological polar surface area (TPSA) is 42.3 Å². The van der Waals surface area contributed by atoms with Crippen molar-refractivity contribution in [2.75, 3.05) is 32.7 Å². The van der Waals surface area contributed by atoms with Gasteiger partial charge in [0.05, 0.1) is 6.07 Å². The van der Waals surface area contributed by atoms with E-state index in [9.17, 15) is 5.26 Å². The van der Waals surface area contributed by atoms with Crippen LogP contribution in [0.15, 0.2) is 0 Å². The van der Waals surface area contributed by atoms with Gasteiger partial charge in [-0.15, -0.1) is 0 Å². The Morgan fingerprint density at radius 3 is 2.33 bits per heavy atom. The maximum Gasteiger partial charge on any atom is 0.122 e. The highest BCUT2D eigenvalue weighted by atomic mass is 15.3. The van der Waals surface area contributed by atoms with E-state index >= 15 is 0 Å². The van der Waals surface area contributed by atoms with Crippen molar-refractivity contribution in [3.05, 3.63) is 0 Å². The van der Waals surface area contributed by atoms with Gasteiger partial charge in [-0.05, 0) is 44.9 Å². The summed E-state index contributed by atoms with van der Waals surface area (Å²) in [4.78, 5) is 5.12. The van der Waals surface area contributed by atoms with Gasteiger partial charge in [0.2, 0.25) is 0 Å². The predicted octanol–water partition coefficient (Wildman–Crippen LogP) is 1.83. The van der Waals surface area contributed by atoms with Crippen molar-refractivity contribution in [1.82, 2.24) is 15.1 Å². The molecule has 1 aliphatic heterocycles. The molecule has 1 N–H and O–H groups in total. The SMILES string of the molecule is CCC(C)N1CCN(CC(C#N)(NC2CC2)C2CC2)CC1. The first kappa shape index (κ1) is 15.3. The van der Waals surface area contributed by atoms with Crippen molar-refractivity contribution in [3.8, 4) is 6.07 Å². The van der Waals surface area contributed by atoms with Crippen LogP contribution in [-0.4, -0.2) is 60.1 Å². The minimum Gasteiger partial charge on any atom is -0.298 e. The first-order valence-electron chi connectivity index (χ1n) is 8.82. The fourth-order valence-electron chi connectivity index (χ4n) is 3.59. The second-order valence-corrected chi connectivity index (χ2v) is 7.35. The third kappa shape index (κ3) is 3.59. The van der Waals surface area contributed by atoms with E-state index in [1.165, 1.54) is 32.1 Å². The molecule has 2 atom stereocenters. The molecule has 0 bridgehead atoms. The van der Waals surface area contributed by atoms with Crippen LogP contribution in [0.4, 0.5) is 0 Å². The van der Waals surface area contributed by atoms with Gasteiger partial charge in [-0.25, -0.2) is 0 Å². The molecule has 21 heavy (non-hydrogen) atoms. The first-order valence-corrected chi connectivity index (χ1v) is 8.82. The molecule has 4 heteroatoms.